The molecule has 21 heavy (non-hydrogen) atoms. The lowest BCUT2D eigenvalue weighted by Crippen LogP contribution is -2.14. The van der Waals surface area contributed by atoms with Gasteiger partial charge in [-0.3, -0.25) is 0 Å². The van der Waals surface area contributed by atoms with Crippen LogP contribution >= 0.6 is 15.9 Å². The molecular weight excluding hydrogens is 360 g/mol. The number of halogens is 1. The number of hydrogen-bond donors (Lipinski definition) is 1. The van der Waals surface area contributed by atoms with Gasteiger partial charge < -0.3 is 9.47 Å². The first-order chi connectivity index (χ1) is 9.90. The Morgan fingerprint density at radius 2 is 2.05 bits per heavy atom. The zero-order valence-electron chi connectivity index (χ0n) is 11.1. The minimum atomic E-state index is -3.87. The molecule has 6 nitrogen and oxygen atoms in total. The van der Waals surface area contributed by atoms with Crippen molar-refractivity contribution >= 4 is 26.0 Å². The number of hydrogen-bond acceptors (Lipinski definition) is 5. The highest BCUT2D eigenvalue weighted by Crippen LogP contribution is 2.27. The van der Waals surface area contributed by atoms with Crippen molar-refractivity contribution in [1.29, 1.82) is 0 Å². The Bertz CT molecular complexity index is 750. The maximum atomic E-state index is 11.6. The fraction of sp³-hybridized carbons (Fsp3) is 0.154. The Balaban J connectivity index is 2.24. The van der Waals surface area contributed by atoms with Crippen LogP contribution in [0.4, 0.5) is 0 Å². The molecule has 0 saturated carbocycles. The normalized spacial score (nSPS) is 11.2. The van der Waals surface area contributed by atoms with E-state index >= 15 is 0 Å². The number of primary sulfonamides is 1. The highest BCUT2D eigenvalue weighted by molar-refractivity contribution is 9.10. The number of pyridine rings is 1. The highest BCUT2D eigenvalue weighted by atomic mass is 79.9. The number of methoxy groups -OCH3 is 1. The molecule has 2 aromatic rings. The summed E-state index contributed by atoms with van der Waals surface area (Å²) in [6, 6.07) is 9.82. The van der Waals surface area contributed by atoms with E-state index in [-0.39, 0.29) is 17.3 Å². The van der Waals surface area contributed by atoms with E-state index < -0.39 is 10.0 Å². The molecule has 1 aromatic heterocycles. The molecule has 0 aliphatic carbocycles. The van der Waals surface area contributed by atoms with Gasteiger partial charge in [0.1, 0.15) is 17.3 Å². The fourth-order valence-corrected chi connectivity index (χ4v) is 2.84. The second kappa shape index (κ2) is 6.42. The second-order valence-corrected chi connectivity index (χ2v) is 6.54. The second-order valence-electron chi connectivity index (χ2n) is 4.10. The molecule has 0 atom stereocenters. The number of benzene rings is 1. The third-order valence-electron chi connectivity index (χ3n) is 2.58. The first-order valence-corrected chi connectivity index (χ1v) is 8.19. The summed E-state index contributed by atoms with van der Waals surface area (Å²) in [4.78, 5) is 4.09. The molecule has 0 fully saturated rings. The third-order valence-corrected chi connectivity index (χ3v) is 4.00. The molecule has 8 heteroatoms. The van der Waals surface area contributed by atoms with Crippen LogP contribution in [0.3, 0.4) is 0 Å². The molecule has 112 valence electrons. The lowest BCUT2D eigenvalue weighted by atomic mass is 10.3. The van der Waals surface area contributed by atoms with Crippen LogP contribution in [-0.4, -0.2) is 20.5 Å². The van der Waals surface area contributed by atoms with Crippen LogP contribution in [0.25, 0.3) is 0 Å². The number of aromatic nitrogens is 1. The van der Waals surface area contributed by atoms with Crippen molar-refractivity contribution in [2.75, 3.05) is 7.11 Å². The van der Waals surface area contributed by atoms with Crippen molar-refractivity contribution in [2.24, 2.45) is 5.14 Å². The molecule has 1 aromatic carbocycles. The van der Waals surface area contributed by atoms with Crippen LogP contribution in [-0.2, 0) is 16.6 Å². The van der Waals surface area contributed by atoms with Gasteiger partial charge in [-0.05, 0) is 24.3 Å². The molecular formula is C13H13BrN2O4S. The molecule has 0 radical (unpaired) electrons. The Kier molecular flexibility index (Phi) is 4.81. The van der Waals surface area contributed by atoms with Gasteiger partial charge in [-0.15, -0.1) is 0 Å². The zero-order valence-corrected chi connectivity index (χ0v) is 13.5. The molecule has 0 unspecified atom stereocenters. The maximum absolute atomic E-state index is 11.6. The van der Waals surface area contributed by atoms with Crippen molar-refractivity contribution in [3.8, 4) is 11.6 Å². The summed E-state index contributed by atoms with van der Waals surface area (Å²) in [5.41, 5.74) is 0.609. The third kappa shape index (κ3) is 4.16. The molecule has 0 aliphatic heterocycles. The van der Waals surface area contributed by atoms with E-state index in [1.807, 2.05) is 0 Å². The van der Waals surface area contributed by atoms with Crippen LogP contribution in [0.15, 0.2) is 45.8 Å². The van der Waals surface area contributed by atoms with Gasteiger partial charge in [-0.25, -0.2) is 18.5 Å². The van der Waals surface area contributed by atoms with Crippen LogP contribution in [0.1, 0.15) is 5.69 Å². The quantitative estimate of drug-likeness (QED) is 0.867. The molecule has 0 spiro atoms. The first-order valence-electron chi connectivity index (χ1n) is 5.85. The lowest BCUT2D eigenvalue weighted by molar-refractivity contribution is 0.290. The van der Waals surface area contributed by atoms with Gasteiger partial charge in [0.25, 0.3) is 0 Å². The SMILES string of the molecule is COc1cccc(COc2ccc(Br)cc2S(N)(=O)=O)n1. The van der Waals surface area contributed by atoms with Crippen molar-refractivity contribution in [3.05, 3.63) is 46.6 Å². The number of nitrogens with two attached hydrogens (primary N) is 1. The van der Waals surface area contributed by atoms with Gasteiger partial charge in [0, 0.05) is 10.5 Å². The molecule has 1 heterocycles. The summed E-state index contributed by atoms with van der Waals surface area (Å²) in [7, 11) is -2.36. The molecule has 2 rings (SSSR count). The van der Waals surface area contributed by atoms with Gasteiger partial charge in [0.05, 0.1) is 12.8 Å². The minimum Gasteiger partial charge on any atom is -0.486 e. The highest BCUT2D eigenvalue weighted by Gasteiger charge is 2.16. The lowest BCUT2D eigenvalue weighted by Gasteiger charge is -2.10. The largest absolute Gasteiger partial charge is 0.486 e. The van der Waals surface area contributed by atoms with Crippen molar-refractivity contribution < 1.29 is 17.9 Å². The van der Waals surface area contributed by atoms with E-state index in [1.54, 1.807) is 24.3 Å². The molecule has 0 aliphatic rings. The smallest absolute Gasteiger partial charge is 0.241 e. The monoisotopic (exact) mass is 372 g/mol. The van der Waals surface area contributed by atoms with Crippen molar-refractivity contribution in [1.82, 2.24) is 4.98 Å². The standard InChI is InChI=1S/C13H13BrN2O4S/c1-19-13-4-2-3-10(16-13)8-20-11-6-5-9(14)7-12(11)21(15,17)18/h2-7H,8H2,1H3,(H2,15,17,18). The van der Waals surface area contributed by atoms with Crippen LogP contribution in [0, 0.1) is 0 Å². The van der Waals surface area contributed by atoms with E-state index in [1.165, 1.54) is 19.2 Å². The first kappa shape index (κ1) is 15.7. The predicted octanol–water partition coefficient (Wildman–Crippen LogP) is 2.08. The molecule has 2 N–H and O–H groups in total. The maximum Gasteiger partial charge on any atom is 0.241 e. The summed E-state index contributed by atoms with van der Waals surface area (Å²) in [5, 5.41) is 5.18. The van der Waals surface area contributed by atoms with E-state index in [0.29, 0.717) is 16.0 Å². The number of ether oxygens (including phenoxy) is 2. The summed E-state index contributed by atoms with van der Waals surface area (Å²) < 4.78 is 34.2. The van der Waals surface area contributed by atoms with Gasteiger partial charge in [0.15, 0.2) is 0 Å². The Labute approximate surface area is 131 Å². The average molecular weight is 373 g/mol. The van der Waals surface area contributed by atoms with Gasteiger partial charge in [-0.1, -0.05) is 22.0 Å². The number of nitrogens with zero attached hydrogens (tertiary/aromatic N) is 1. The summed E-state index contributed by atoms with van der Waals surface area (Å²) in [5.74, 6) is 0.629. The minimum absolute atomic E-state index is 0.0835. The summed E-state index contributed by atoms with van der Waals surface area (Å²) in [6.45, 7) is 0.0986. The van der Waals surface area contributed by atoms with Crippen LogP contribution < -0.4 is 14.6 Å². The van der Waals surface area contributed by atoms with Crippen molar-refractivity contribution in [3.63, 3.8) is 0 Å². The van der Waals surface area contributed by atoms with Crippen LogP contribution in [0.5, 0.6) is 11.6 Å². The van der Waals surface area contributed by atoms with Gasteiger partial charge in [0.2, 0.25) is 15.9 Å². The van der Waals surface area contributed by atoms with E-state index in [2.05, 4.69) is 20.9 Å². The number of sulfonamides is 1. The van der Waals surface area contributed by atoms with E-state index in [0.717, 1.165) is 0 Å². The Morgan fingerprint density at radius 1 is 1.29 bits per heavy atom. The molecule has 0 bridgehead atoms. The Hall–Kier alpha value is -1.64. The fourth-order valence-electron chi connectivity index (χ4n) is 1.63. The molecule has 0 saturated heterocycles. The zero-order chi connectivity index (χ0) is 15.5. The van der Waals surface area contributed by atoms with Gasteiger partial charge >= 0.3 is 0 Å². The number of rotatable bonds is 5. The average Bonchev–Trinajstić information content (AvgIpc) is 2.45. The summed E-state index contributed by atoms with van der Waals surface area (Å²) >= 11 is 3.20. The van der Waals surface area contributed by atoms with E-state index in [9.17, 15) is 8.42 Å². The van der Waals surface area contributed by atoms with Crippen molar-refractivity contribution in [2.45, 2.75) is 11.5 Å². The molecule has 0 amide bonds. The van der Waals surface area contributed by atoms with Crippen LogP contribution in [0.2, 0.25) is 0 Å². The summed E-state index contributed by atoms with van der Waals surface area (Å²) in [6.07, 6.45) is 0. The van der Waals surface area contributed by atoms with Gasteiger partial charge in [-0.2, -0.15) is 0 Å². The van der Waals surface area contributed by atoms with E-state index in [4.69, 9.17) is 14.6 Å². The topological polar surface area (TPSA) is 91.5 Å². The Morgan fingerprint density at radius 3 is 2.71 bits per heavy atom. The predicted molar refractivity (Wildman–Crippen MR) is 80.6 cm³/mol.